The van der Waals surface area contributed by atoms with Crippen LogP contribution in [-0.2, 0) is 6.42 Å². The third kappa shape index (κ3) is 1.51. The molecule has 0 saturated carbocycles. The van der Waals surface area contributed by atoms with Crippen LogP contribution in [0.4, 0.5) is 0 Å². The minimum atomic E-state index is 0.451. The van der Waals surface area contributed by atoms with Crippen molar-refractivity contribution >= 4 is 0 Å². The third-order valence-electron chi connectivity index (χ3n) is 2.62. The van der Waals surface area contributed by atoms with Gasteiger partial charge in [-0.1, -0.05) is 29.4 Å². The number of aryl methyl sites for hydroxylation is 1. The number of benzene rings is 1. The molecule has 0 bridgehead atoms. The average molecular weight is 173 g/mol. The highest BCUT2D eigenvalue weighted by molar-refractivity contribution is 5.34. The van der Waals surface area contributed by atoms with Gasteiger partial charge in [0, 0.05) is 11.5 Å². The molecule has 0 saturated heterocycles. The summed E-state index contributed by atoms with van der Waals surface area (Å²) >= 11 is 0. The largest absolute Gasteiger partial charge is 0.0933 e. The molecule has 1 atom stereocenters. The Morgan fingerprint density at radius 2 is 2.31 bits per heavy atom. The van der Waals surface area contributed by atoms with Crippen LogP contribution in [0.25, 0.3) is 10.4 Å². The van der Waals surface area contributed by atoms with E-state index >= 15 is 0 Å². The van der Waals surface area contributed by atoms with Crippen LogP contribution in [0.15, 0.2) is 29.4 Å². The van der Waals surface area contributed by atoms with Gasteiger partial charge in [-0.15, -0.1) is 0 Å². The van der Waals surface area contributed by atoms with E-state index in [0.717, 1.165) is 12.8 Å². The Balaban J connectivity index is 2.23. The Morgan fingerprint density at radius 3 is 3.15 bits per heavy atom. The highest BCUT2D eigenvalue weighted by atomic mass is 15.1. The van der Waals surface area contributed by atoms with Gasteiger partial charge < -0.3 is 0 Å². The Labute approximate surface area is 77.0 Å². The van der Waals surface area contributed by atoms with E-state index in [9.17, 15) is 0 Å². The lowest BCUT2D eigenvalue weighted by molar-refractivity contribution is 0.686. The van der Waals surface area contributed by atoms with Crippen LogP contribution in [0.3, 0.4) is 0 Å². The molecule has 0 radical (unpaired) electrons. The number of azide groups is 1. The van der Waals surface area contributed by atoms with Gasteiger partial charge in [-0.2, -0.15) is 0 Å². The molecular formula is C10H11N3. The molecule has 0 spiro atoms. The second-order valence-corrected chi connectivity index (χ2v) is 3.35. The molecule has 1 aliphatic rings. The molecular weight excluding hydrogens is 162 g/mol. The molecule has 0 N–H and O–H groups in total. The standard InChI is InChI=1S/C10H11N3/c11-13-12-7-9-6-5-8-3-1-2-4-10(8)9/h1-4,9H,5-7H2. The number of nitrogens with zero attached hydrogens (tertiary/aromatic N) is 3. The molecule has 3 heteroatoms. The van der Waals surface area contributed by atoms with E-state index in [4.69, 9.17) is 5.53 Å². The smallest absolute Gasteiger partial charge is 0.0327 e. The Hall–Kier alpha value is -1.47. The topological polar surface area (TPSA) is 48.8 Å². The van der Waals surface area contributed by atoms with Crippen LogP contribution in [-0.4, -0.2) is 6.54 Å². The van der Waals surface area contributed by atoms with E-state index in [1.165, 1.54) is 11.1 Å². The summed E-state index contributed by atoms with van der Waals surface area (Å²) in [5.41, 5.74) is 11.0. The van der Waals surface area contributed by atoms with Gasteiger partial charge in [0.1, 0.15) is 0 Å². The summed E-state index contributed by atoms with van der Waals surface area (Å²) in [7, 11) is 0. The second kappa shape index (κ2) is 3.50. The number of fused-ring (bicyclic) bond motifs is 1. The van der Waals surface area contributed by atoms with Crippen molar-refractivity contribution in [3.8, 4) is 0 Å². The number of hydrogen-bond acceptors (Lipinski definition) is 1. The Bertz CT molecular complexity index is 353. The van der Waals surface area contributed by atoms with Gasteiger partial charge in [0.2, 0.25) is 0 Å². The summed E-state index contributed by atoms with van der Waals surface area (Å²) in [5.74, 6) is 0.451. The molecule has 2 rings (SSSR count). The van der Waals surface area contributed by atoms with Gasteiger partial charge in [-0.25, -0.2) is 0 Å². The van der Waals surface area contributed by atoms with E-state index in [-0.39, 0.29) is 0 Å². The van der Waals surface area contributed by atoms with Crippen LogP contribution >= 0.6 is 0 Å². The van der Waals surface area contributed by atoms with Crippen LogP contribution in [0.5, 0.6) is 0 Å². The zero-order valence-electron chi connectivity index (χ0n) is 7.35. The van der Waals surface area contributed by atoms with Crippen molar-refractivity contribution in [2.45, 2.75) is 18.8 Å². The fourth-order valence-corrected chi connectivity index (χ4v) is 1.97. The predicted molar refractivity (Wildman–Crippen MR) is 51.5 cm³/mol. The Morgan fingerprint density at radius 1 is 1.46 bits per heavy atom. The molecule has 13 heavy (non-hydrogen) atoms. The molecule has 3 nitrogen and oxygen atoms in total. The van der Waals surface area contributed by atoms with Gasteiger partial charge in [-0.3, -0.25) is 0 Å². The summed E-state index contributed by atoms with van der Waals surface area (Å²) in [6.45, 7) is 0.605. The van der Waals surface area contributed by atoms with Crippen molar-refractivity contribution in [1.82, 2.24) is 0 Å². The molecule has 66 valence electrons. The molecule has 0 aliphatic heterocycles. The molecule has 1 unspecified atom stereocenters. The van der Waals surface area contributed by atoms with Crippen molar-refractivity contribution in [3.05, 3.63) is 45.8 Å². The van der Waals surface area contributed by atoms with Crippen LogP contribution in [0.2, 0.25) is 0 Å². The summed E-state index contributed by atoms with van der Waals surface area (Å²) in [6.07, 6.45) is 2.25. The molecule has 1 aromatic rings. The maximum absolute atomic E-state index is 8.23. The molecule has 0 heterocycles. The van der Waals surface area contributed by atoms with Crippen molar-refractivity contribution in [2.24, 2.45) is 5.11 Å². The van der Waals surface area contributed by atoms with Gasteiger partial charge in [0.15, 0.2) is 0 Å². The first-order valence-corrected chi connectivity index (χ1v) is 4.50. The van der Waals surface area contributed by atoms with Gasteiger partial charge in [0.05, 0.1) is 0 Å². The summed E-state index contributed by atoms with van der Waals surface area (Å²) in [5, 5.41) is 3.63. The molecule has 0 amide bonds. The van der Waals surface area contributed by atoms with E-state index in [1.54, 1.807) is 0 Å². The minimum absolute atomic E-state index is 0.451. The first-order valence-electron chi connectivity index (χ1n) is 4.50. The minimum Gasteiger partial charge on any atom is -0.0933 e. The van der Waals surface area contributed by atoms with E-state index in [2.05, 4.69) is 28.2 Å². The maximum Gasteiger partial charge on any atom is 0.0327 e. The average Bonchev–Trinajstić information content (AvgIpc) is 2.58. The first-order chi connectivity index (χ1) is 6.42. The summed E-state index contributed by atoms with van der Waals surface area (Å²) in [6, 6.07) is 8.41. The summed E-state index contributed by atoms with van der Waals surface area (Å²) < 4.78 is 0. The van der Waals surface area contributed by atoms with Gasteiger partial charge >= 0.3 is 0 Å². The lowest BCUT2D eigenvalue weighted by atomic mass is 10.0. The SMILES string of the molecule is [N-]=[N+]=NCC1CCc2ccccc21. The zero-order chi connectivity index (χ0) is 9.10. The molecule has 1 aliphatic carbocycles. The van der Waals surface area contributed by atoms with Crippen molar-refractivity contribution < 1.29 is 0 Å². The molecule has 0 fully saturated rings. The van der Waals surface area contributed by atoms with Crippen molar-refractivity contribution in [1.29, 1.82) is 0 Å². The van der Waals surface area contributed by atoms with Crippen molar-refractivity contribution in [3.63, 3.8) is 0 Å². The monoisotopic (exact) mass is 173 g/mol. The fourth-order valence-electron chi connectivity index (χ4n) is 1.97. The highest BCUT2D eigenvalue weighted by Crippen LogP contribution is 2.32. The quantitative estimate of drug-likeness (QED) is 0.375. The lowest BCUT2D eigenvalue weighted by Crippen LogP contribution is -1.96. The van der Waals surface area contributed by atoms with Crippen LogP contribution in [0.1, 0.15) is 23.5 Å². The maximum atomic E-state index is 8.23. The number of hydrogen-bond donors (Lipinski definition) is 0. The summed E-state index contributed by atoms with van der Waals surface area (Å²) in [4.78, 5) is 2.80. The normalized spacial score (nSPS) is 19.2. The second-order valence-electron chi connectivity index (χ2n) is 3.35. The van der Waals surface area contributed by atoms with Gasteiger partial charge in [0.25, 0.3) is 0 Å². The van der Waals surface area contributed by atoms with Crippen LogP contribution < -0.4 is 0 Å². The Kier molecular flexibility index (Phi) is 2.19. The van der Waals surface area contributed by atoms with E-state index in [1.807, 2.05) is 6.07 Å². The lowest BCUT2D eigenvalue weighted by Gasteiger charge is -2.06. The van der Waals surface area contributed by atoms with Crippen molar-refractivity contribution in [2.75, 3.05) is 6.54 Å². The first kappa shape index (κ1) is 8.14. The number of rotatable bonds is 2. The molecule has 1 aromatic carbocycles. The fraction of sp³-hybridized carbons (Fsp3) is 0.400. The van der Waals surface area contributed by atoms with Gasteiger partial charge in [-0.05, 0) is 35.4 Å². The zero-order valence-corrected chi connectivity index (χ0v) is 7.35. The van der Waals surface area contributed by atoms with Crippen LogP contribution in [0, 0.1) is 0 Å². The third-order valence-corrected chi connectivity index (χ3v) is 2.62. The van der Waals surface area contributed by atoms with E-state index in [0.29, 0.717) is 12.5 Å². The highest BCUT2D eigenvalue weighted by Gasteiger charge is 2.20. The molecule has 0 aromatic heterocycles. The predicted octanol–water partition coefficient (Wildman–Crippen LogP) is 3.03. The van der Waals surface area contributed by atoms with E-state index < -0.39 is 0 Å².